The molecule has 0 amide bonds. The summed E-state index contributed by atoms with van der Waals surface area (Å²) >= 11 is -2.35. The molecular weight excluding hydrogens is 375 g/mol. The van der Waals surface area contributed by atoms with Crippen LogP contribution in [0.2, 0.25) is 13.3 Å². The molecule has 0 fully saturated rings. The van der Waals surface area contributed by atoms with E-state index in [-0.39, 0.29) is 0 Å². The van der Waals surface area contributed by atoms with Crippen LogP contribution in [0.25, 0.3) is 5.65 Å². The maximum atomic E-state index is 4.72. The number of hydrogen-bond acceptors (Lipinski definition) is 1. The predicted octanol–water partition coefficient (Wildman–Crippen LogP) is 5.39. The first-order valence-corrected chi connectivity index (χ1v) is 16.7. The molecule has 0 unspecified atom stereocenters. The fourth-order valence-electron chi connectivity index (χ4n) is 3.69. The van der Waals surface area contributed by atoms with Crippen LogP contribution in [0.4, 0.5) is 0 Å². The Morgan fingerprint density at radius 2 is 1.50 bits per heavy atom. The van der Waals surface area contributed by atoms with Gasteiger partial charge in [0, 0.05) is 0 Å². The molecule has 2 rings (SSSR count). The topological polar surface area (TPSA) is 17.3 Å². The van der Waals surface area contributed by atoms with Gasteiger partial charge in [0.2, 0.25) is 0 Å². The van der Waals surface area contributed by atoms with Crippen molar-refractivity contribution in [2.75, 3.05) is 0 Å². The van der Waals surface area contributed by atoms with Crippen LogP contribution in [0.3, 0.4) is 0 Å². The summed E-state index contributed by atoms with van der Waals surface area (Å²) in [5.41, 5.74) is 1.27. The molecule has 22 heavy (non-hydrogen) atoms. The second-order valence-corrected chi connectivity index (χ2v) is 19.8. The van der Waals surface area contributed by atoms with Crippen molar-refractivity contribution in [3.63, 3.8) is 0 Å². The first-order chi connectivity index (χ1) is 10.8. The number of rotatable bonds is 10. The first kappa shape index (κ1) is 17.8. The van der Waals surface area contributed by atoms with Crippen molar-refractivity contribution >= 4 is 27.6 Å². The summed E-state index contributed by atoms with van der Waals surface area (Å²) in [4.78, 5) is 4.72. The van der Waals surface area contributed by atoms with E-state index in [1.54, 1.807) is 3.58 Å². The number of hydrogen-bond donors (Lipinski definition) is 0. The number of imidazole rings is 1. The van der Waals surface area contributed by atoms with E-state index in [0.29, 0.717) is 0 Å². The molecule has 122 valence electrons. The summed E-state index contributed by atoms with van der Waals surface area (Å²) in [6, 6.07) is 4.68. The molecule has 0 aliphatic rings. The SMILES string of the molecule is CCC[CH2][Sn]([CH2]CCC)([CH2]CCC)[c]1cccn2ccnc12. The minimum absolute atomic E-state index is 1.27. The molecule has 0 radical (unpaired) electrons. The number of nitrogens with zero attached hydrogens (tertiary/aromatic N) is 2. The fourth-order valence-corrected chi connectivity index (χ4v) is 20.1. The first-order valence-electron chi connectivity index (χ1n) is 9.19. The standard InChI is InChI=1S/C7H5N2.3C4H9.Sn/c1-2-5-9-6-4-8-7(9)3-1;3*1-3-4-2;/h1-2,4-6H;3*1,3-4H2,2H3;. The third-order valence-corrected chi connectivity index (χ3v) is 20.6. The van der Waals surface area contributed by atoms with Gasteiger partial charge in [-0.2, -0.15) is 0 Å². The van der Waals surface area contributed by atoms with E-state index in [9.17, 15) is 0 Å². The molecule has 0 saturated carbocycles. The number of pyridine rings is 1. The monoisotopic (exact) mass is 408 g/mol. The average molecular weight is 407 g/mol. The zero-order chi connectivity index (χ0) is 15.8. The third kappa shape index (κ3) is 4.06. The van der Waals surface area contributed by atoms with E-state index in [1.807, 2.05) is 6.20 Å². The molecule has 2 heterocycles. The molecule has 2 nitrogen and oxygen atoms in total. The zero-order valence-corrected chi connectivity index (χ0v) is 17.5. The number of fused-ring (bicyclic) bond motifs is 1. The van der Waals surface area contributed by atoms with Crippen molar-refractivity contribution in [1.29, 1.82) is 0 Å². The van der Waals surface area contributed by atoms with Gasteiger partial charge in [-0.25, -0.2) is 0 Å². The van der Waals surface area contributed by atoms with E-state index in [1.165, 1.54) is 57.5 Å². The van der Waals surface area contributed by atoms with Crippen LogP contribution < -0.4 is 3.58 Å². The predicted molar refractivity (Wildman–Crippen MR) is 99.7 cm³/mol. The summed E-state index contributed by atoms with van der Waals surface area (Å²) in [5, 5.41) is 0. The molecule has 0 aliphatic carbocycles. The fraction of sp³-hybridized carbons (Fsp3) is 0.632. The van der Waals surface area contributed by atoms with E-state index < -0.39 is 18.4 Å². The van der Waals surface area contributed by atoms with E-state index in [4.69, 9.17) is 4.98 Å². The van der Waals surface area contributed by atoms with Crippen molar-refractivity contribution in [3.05, 3.63) is 30.7 Å². The molecule has 0 aliphatic heterocycles. The van der Waals surface area contributed by atoms with Crippen molar-refractivity contribution in [2.45, 2.75) is 72.6 Å². The number of unbranched alkanes of at least 4 members (excludes halogenated alkanes) is 3. The van der Waals surface area contributed by atoms with Crippen LogP contribution in [0.15, 0.2) is 30.7 Å². The van der Waals surface area contributed by atoms with E-state index >= 15 is 0 Å². The zero-order valence-electron chi connectivity index (χ0n) is 14.6. The van der Waals surface area contributed by atoms with Gasteiger partial charge in [0.05, 0.1) is 0 Å². The molecular formula is C19H32N2Sn. The van der Waals surface area contributed by atoms with Gasteiger partial charge >= 0.3 is 140 Å². The Hall–Kier alpha value is -0.511. The van der Waals surface area contributed by atoms with Gasteiger partial charge in [0.1, 0.15) is 0 Å². The Morgan fingerprint density at radius 1 is 0.909 bits per heavy atom. The Kier molecular flexibility index (Phi) is 7.26. The van der Waals surface area contributed by atoms with E-state index in [2.05, 4.69) is 49.7 Å². The third-order valence-electron chi connectivity index (χ3n) is 5.02. The minimum atomic E-state index is -2.35. The quantitative estimate of drug-likeness (QED) is 0.483. The molecule has 0 aromatic carbocycles. The Bertz CT molecular complexity index is 540. The summed E-state index contributed by atoms with van der Waals surface area (Å²) in [6.45, 7) is 7.02. The Morgan fingerprint density at radius 3 is 2.05 bits per heavy atom. The van der Waals surface area contributed by atoms with Gasteiger partial charge in [-0.1, -0.05) is 0 Å². The van der Waals surface area contributed by atoms with Crippen LogP contribution in [-0.2, 0) is 0 Å². The Labute approximate surface area is 140 Å². The van der Waals surface area contributed by atoms with Gasteiger partial charge in [0.25, 0.3) is 0 Å². The van der Waals surface area contributed by atoms with E-state index in [0.717, 1.165) is 0 Å². The molecule has 0 spiro atoms. The molecule has 2 aromatic heterocycles. The van der Waals surface area contributed by atoms with Gasteiger partial charge < -0.3 is 0 Å². The summed E-state index contributed by atoms with van der Waals surface area (Å²) in [7, 11) is 0. The summed E-state index contributed by atoms with van der Waals surface area (Å²) in [5.74, 6) is 0. The normalized spacial score (nSPS) is 12.1. The van der Waals surface area contributed by atoms with Crippen LogP contribution in [0, 0.1) is 0 Å². The van der Waals surface area contributed by atoms with Crippen molar-refractivity contribution in [1.82, 2.24) is 9.38 Å². The van der Waals surface area contributed by atoms with Crippen LogP contribution in [-0.4, -0.2) is 27.8 Å². The Balaban J connectivity index is 2.45. The van der Waals surface area contributed by atoms with Crippen LogP contribution in [0.1, 0.15) is 59.3 Å². The average Bonchev–Trinajstić information content (AvgIpc) is 3.03. The molecule has 3 heteroatoms. The molecule has 2 aromatic rings. The van der Waals surface area contributed by atoms with Crippen molar-refractivity contribution in [3.8, 4) is 0 Å². The van der Waals surface area contributed by atoms with Crippen LogP contribution in [0.5, 0.6) is 0 Å². The summed E-state index contributed by atoms with van der Waals surface area (Å²) < 4.78 is 8.47. The molecule has 0 N–H and O–H groups in total. The van der Waals surface area contributed by atoms with Gasteiger partial charge in [-0.05, 0) is 0 Å². The molecule has 0 atom stereocenters. The van der Waals surface area contributed by atoms with Crippen LogP contribution >= 0.6 is 0 Å². The summed E-state index contributed by atoms with van der Waals surface area (Å²) in [6.07, 6.45) is 14.4. The second kappa shape index (κ2) is 8.95. The molecule has 0 bridgehead atoms. The van der Waals surface area contributed by atoms with Gasteiger partial charge in [0.15, 0.2) is 0 Å². The second-order valence-electron chi connectivity index (χ2n) is 6.67. The van der Waals surface area contributed by atoms with Gasteiger partial charge in [-0.3, -0.25) is 0 Å². The van der Waals surface area contributed by atoms with Crippen molar-refractivity contribution < 1.29 is 0 Å². The number of aromatic nitrogens is 2. The maximum absolute atomic E-state index is 4.72. The van der Waals surface area contributed by atoms with Gasteiger partial charge in [-0.15, -0.1) is 0 Å². The molecule has 0 saturated heterocycles. The van der Waals surface area contributed by atoms with Crippen molar-refractivity contribution in [2.24, 2.45) is 0 Å².